The molecule has 1 aromatic heterocycles. The predicted molar refractivity (Wildman–Crippen MR) is 122 cm³/mol. The van der Waals surface area contributed by atoms with E-state index >= 15 is 0 Å². The molecule has 166 valence electrons. The van der Waals surface area contributed by atoms with Crippen molar-refractivity contribution in [3.8, 4) is 17.0 Å². The molecule has 3 aromatic rings. The molecule has 5 nitrogen and oxygen atoms in total. The number of hydrogen-bond donors (Lipinski definition) is 1. The number of aliphatic carboxylic acids is 1. The van der Waals surface area contributed by atoms with E-state index in [9.17, 15) is 9.18 Å². The molecule has 0 bridgehead atoms. The molecule has 8 heteroatoms. The number of halogens is 3. The molecule has 0 spiro atoms. The Morgan fingerprint density at radius 1 is 1.16 bits per heavy atom. The van der Waals surface area contributed by atoms with E-state index in [1.54, 1.807) is 42.5 Å². The number of benzene rings is 2. The quantitative estimate of drug-likeness (QED) is 0.482. The minimum absolute atomic E-state index is 0.0699. The lowest BCUT2D eigenvalue weighted by Gasteiger charge is -2.28. The van der Waals surface area contributed by atoms with Crippen LogP contribution in [0.4, 0.5) is 4.39 Å². The van der Waals surface area contributed by atoms with Crippen LogP contribution < -0.4 is 4.74 Å². The number of hydrogen-bond acceptors (Lipinski definition) is 4. The van der Waals surface area contributed by atoms with Crippen molar-refractivity contribution < 1.29 is 19.0 Å². The van der Waals surface area contributed by atoms with Gasteiger partial charge in [-0.25, -0.2) is 9.37 Å². The Hall–Kier alpha value is -2.67. The largest absolute Gasteiger partial charge is 0.489 e. The summed E-state index contributed by atoms with van der Waals surface area (Å²) < 4.78 is 20.6. The Bertz CT molecular complexity index is 1120. The number of carbonyl (C=O) groups is 1. The molecule has 0 amide bonds. The van der Waals surface area contributed by atoms with Crippen molar-refractivity contribution in [2.24, 2.45) is 0 Å². The molecule has 2 heterocycles. The van der Waals surface area contributed by atoms with E-state index in [0.717, 1.165) is 11.3 Å². The predicted octanol–water partition coefficient (Wildman–Crippen LogP) is 5.61. The zero-order valence-electron chi connectivity index (χ0n) is 17.2. The van der Waals surface area contributed by atoms with Crippen LogP contribution in [0, 0.1) is 5.82 Å². The van der Waals surface area contributed by atoms with Gasteiger partial charge in [0.15, 0.2) is 0 Å². The number of pyridine rings is 1. The zero-order chi connectivity index (χ0) is 22.7. The van der Waals surface area contributed by atoms with Gasteiger partial charge >= 0.3 is 5.97 Å². The normalized spacial score (nSPS) is 13.6. The average Bonchev–Trinajstić information content (AvgIpc) is 2.77. The van der Waals surface area contributed by atoms with Crippen LogP contribution in [0.2, 0.25) is 10.0 Å². The van der Waals surface area contributed by atoms with Gasteiger partial charge in [0.1, 0.15) is 23.9 Å². The topological polar surface area (TPSA) is 62.7 Å². The highest BCUT2D eigenvalue weighted by Crippen LogP contribution is 2.29. The molecule has 0 saturated carbocycles. The Kier molecular flexibility index (Phi) is 6.94. The van der Waals surface area contributed by atoms with E-state index < -0.39 is 11.8 Å². The van der Waals surface area contributed by atoms with Gasteiger partial charge in [-0.2, -0.15) is 0 Å². The van der Waals surface area contributed by atoms with Crippen molar-refractivity contribution in [3.05, 3.63) is 81.2 Å². The summed E-state index contributed by atoms with van der Waals surface area (Å²) in [6, 6.07) is 13.8. The first-order chi connectivity index (χ1) is 15.4. The highest BCUT2D eigenvalue weighted by molar-refractivity contribution is 6.35. The van der Waals surface area contributed by atoms with Gasteiger partial charge in [-0.15, -0.1) is 0 Å². The Labute approximate surface area is 195 Å². The summed E-state index contributed by atoms with van der Waals surface area (Å²) in [6.45, 7) is 1.88. The lowest BCUT2D eigenvalue weighted by Crippen LogP contribution is -2.33. The second-order valence-corrected chi connectivity index (χ2v) is 8.42. The van der Waals surface area contributed by atoms with Crippen LogP contribution in [0.3, 0.4) is 0 Å². The number of rotatable bonds is 7. The van der Waals surface area contributed by atoms with Gasteiger partial charge in [0, 0.05) is 52.9 Å². The summed E-state index contributed by atoms with van der Waals surface area (Å²) in [4.78, 5) is 17.4. The number of carboxylic acid groups (broad SMARTS) is 1. The van der Waals surface area contributed by atoms with Gasteiger partial charge < -0.3 is 9.84 Å². The second kappa shape index (κ2) is 9.86. The lowest BCUT2D eigenvalue weighted by atomic mass is 10.0. The standard InChI is InChI=1S/C24H21Cl2FN2O3/c25-19-2-1-3-20(26)18(19)14-32-17-6-4-15(5-7-17)24-21(27)12-16-13-29(11-9-23(30)31)10-8-22(16)28-24/h1-7,12H,8-11,13-14H2,(H,30,31). The van der Waals surface area contributed by atoms with Crippen LogP contribution in [0.5, 0.6) is 5.75 Å². The Morgan fingerprint density at radius 2 is 1.88 bits per heavy atom. The van der Waals surface area contributed by atoms with E-state index in [1.165, 1.54) is 6.07 Å². The summed E-state index contributed by atoms with van der Waals surface area (Å²) in [5, 5.41) is 9.94. The van der Waals surface area contributed by atoms with E-state index in [2.05, 4.69) is 4.98 Å². The van der Waals surface area contributed by atoms with E-state index in [4.69, 9.17) is 33.0 Å². The Morgan fingerprint density at radius 3 is 2.56 bits per heavy atom. The number of aromatic nitrogens is 1. The number of ether oxygens (including phenoxy) is 1. The highest BCUT2D eigenvalue weighted by atomic mass is 35.5. The summed E-state index contributed by atoms with van der Waals surface area (Å²) in [6.07, 6.45) is 0.725. The third-order valence-corrected chi connectivity index (χ3v) is 6.13. The van der Waals surface area contributed by atoms with Gasteiger partial charge in [-0.1, -0.05) is 29.3 Å². The first-order valence-corrected chi connectivity index (χ1v) is 10.9. The summed E-state index contributed by atoms with van der Waals surface area (Å²) in [7, 11) is 0. The number of nitrogens with zero attached hydrogens (tertiary/aromatic N) is 2. The molecule has 0 aliphatic carbocycles. The van der Waals surface area contributed by atoms with E-state index in [0.29, 0.717) is 58.7 Å². The number of fused-ring (bicyclic) bond motifs is 1. The van der Waals surface area contributed by atoms with Crippen molar-refractivity contribution in [3.63, 3.8) is 0 Å². The maximum absolute atomic E-state index is 14.8. The van der Waals surface area contributed by atoms with Gasteiger partial charge in [0.05, 0.1) is 6.42 Å². The van der Waals surface area contributed by atoms with Gasteiger partial charge in [0.2, 0.25) is 0 Å². The zero-order valence-corrected chi connectivity index (χ0v) is 18.7. The molecule has 0 radical (unpaired) electrons. The monoisotopic (exact) mass is 474 g/mol. The minimum Gasteiger partial charge on any atom is -0.489 e. The first-order valence-electron chi connectivity index (χ1n) is 10.2. The van der Waals surface area contributed by atoms with Crippen LogP contribution in [0.15, 0.2) is 48.5 Å². The molecular weight excluding hydrogens is 454 g/mol. The first kappa shape index (κ1) is 22.5. The molecule has 0 saturated heterocycles. The second-order valence-electron chi connectivity index (χ2n) is 7.61. The molecule has 4 rings (SSSR count). The van der Waals surface area contributed by atoms with Crippen LogP contribution in [-0.4, -0.2) is 34.0 Å². The minimum atomic E-state index is -0.835. The van der Waals surface area contributed by atoms with Gasteiger partial charge in [0.25, 0.3) is 0 Å². The molecule has 2 aromatic carbocycles. The van der Waals surface area contributed by atoms with Crippen molar-refractivity contribution in [2.45, 2.75) is 26.0 Å². The number of carboxylic acids is 1. The SMILES string of the molecule is O=C(O)CCN1CCc2nc(-c3ccc(OCc4c(Cl)cccc4Cl)cc3)c(F)cc2C1. The third kappa shape index (κ3) is 5.21. The summed E-state index contributed by atoms with van der Waals surface area (Å²) in [5.74, 6) is -0.629. The molecule has 0 atom stereocenters. The fourth-order valence-corrected chi connectivity index (χ4v) is 4.19. The van der Waals surface area contributed by atoms with E-state index in [-0.39, 0.29) is 13.0 Å². The smallest absolute Gasteiger partial charge is 0.304 e. The highest BCUT2D eigenvalue weighted by Gasteiger charge is 2.21. The Balaban J connectivity index is 1.46. The maximum atomic E-state index is 14.8. The summed E-state index contributed by atoms with van der Waals surface area (Å²) in [5.41, 5.74) is 3.31. The van der Waals surface area contributed by atoms with Crippen LogP contribution in [-0.2, 0) is 24.4 Å². The van der Waals surface area contributed by atoms with Gasteiger partial charge in [-0.3, -0.25) is 9.69 Å². The molecule has 32 heavy (non-hydrogen) atoms. The average molecular weight is 475 g/mol. The van der Waals surface area contributed by atoms with Crippen LogP contribution in [0.25, 0.3) is 11.3 Å². The molecule has 1 aliphatic heterocycles. The fraction of sp³-hybridized carbons (Fsp3) is 0.250. The van der Waals surface area contributed by atoms with Gasteiger partial charge in [-0.05, 0) is 48.0 Å². The van der Waals surface area contributed by atoms with Crippen molar-refractivity contribution in [1.29, 1.82) is 0 Å². The molecule has 0 fully saturated rings. The summed E-state index contributed by atoms with van der Waals surface area (Å²) >= 11 is 12.3. The van der Waals surface area contributed by atoms with Crippen molar-refractivity contribution in [1.82, 2.24) is 9.88 Å². The van der Waals surface area contributed by atoms with Crippen molar-refractivity contribution >= 4 is 29.2 Å². The fourth-order valence-electron chi connectivity index (χ4n) is 3.68. The molecule has 1 aliphatic rings. The maximum Gasteiger partial charge on any atom is 0.304 e. The van der Waals surface area contributed by atoms with Crippen molar-refractivity contribution in [2.75, 3.05) is 13.1 Å². The van der Waals surface area contributed by atoms with Crippen LogP contribution in [0.1, 0.15) is 23.2 Å². The molecular formula is C24H21Cl2FN2O3. The van der Waals surface area contributed by atoms with E-state index in [1.807, 2.05) is 4.90 Å². The third-order valence-electron chi connectivity index (χ3n) is 5.42. The molecule has 0 unspecified atom stereocenters. The molecule has 1 N–H and O–H groups in total. The van der Waals surface area contributed by atoms with Crippen LogP contribution >= 0.6 is 23.2 Å². The lowest BCUT2D eigenvalue weighted by molar-refractivity contribution is -0.137.